The Labute approximate surface area is 515 Å². The summed E-state index contributed by atoms with van der Waals surface area (Å²) in [5.41, 5.74) is 18.3. The third kappa shape index (κ3) is 11.1. The van der Waals surface area contributed by atoms with E-state index in [2.05, 4.69) is 296 Å². The second kappa shape index (κ2) is 22.6. The van der Waals surface area contributed by atoms with Crippen LogP contribution in [-0.4, -0.2) is 9.55 Å². The molecule has 0 fully saturated rings. The molecule has 0 aliphatic carbocycles. The van der Waals surface area contributed by atoms with E-state index in [1.54, 1.807) is 0 Å². The van der Waals surface area contributed by atoms with E-state index in [9.17, 15) is 0 Å². The minimum atomic E-state index is -0.135. The van der Waals surface area contributed by atoms with Crippen LogP contribution in [0.2, 0.25) is 0 Å². The number of para-hydroxylation sites is 4. The number of fused-ring (bicyclic) bond motifs is 4. The predicted molar refractivity (Wildman–Crippen MR) is 349 cm³/mol. The molecule has 0 N–H and O–H groups in total. The van der Waals surface area contributed by atoms with Crippen molar-refractivity contribution >= 4 is 44.6 Å². The van der Waals surface area contributed by atoms with Crippen LogP contribution in [0.5, 0.6) is 23.0 Å². The smallest absolute Gasteiger partial charge is 0.143 e. The predicted octanol–water partition coefficient (Wildman–Crippen LogP) is 21.3. The molecule has 0 amide bonds. The van der Waals surface area contributed by atoms with E-state index in [0.29, 0.717) is 23.1 Å². The molecule has 10 aromatic carbocycles. The number of benzene rings is 10. The van der Waals surface area contributed by atoms with Crippen molar-refractivity contribution in [3.8, 4) is 73.3 Å². The molecule has 0 saturated heterocycles. The van der Waals surface area contributed by atoms with Crippen molar-refractivity contribution in [2.45, 2.75) is 78.6 Å². The van der Waals surface area contributed by atoms with Crippen LogP contribution >= 0.6 is 0 Å². The Morgan fingerprint density at radius 3 is 1.52 bits per heavy atom. The number of aromatic nitrogens is 2. The van der Waals surface area contributed by atoms with Gasteiger partial charge in [-0.2, -0.15) is 12.1 Å². The number of nitrogens with zero attached hydrogens (tertiary/aromatic N) is 4. The van der Waals surface area contributed by atoms with Gasteiger partial charge in [0, 0.05) is 89.7 Å². The Morgan fingerprint density at radius 1 is 0.412 bits per heavy atom. The fourth-order valence-electron chi connectivity index (χ4n) is 11.5. The van der Waals surface area contributed by atoms with Crippen molar-refractivity contribution < 1.29 is 30.5 Å². The zero-order chi connectivity index (χ0) is 57.9. The van der Waals surface area contributed by atoms with E-state index in [1.165, 1.54) is 16.7 Å². The van der Waals surface area contributed by atoms with Gasteiger partial charge in [0.1, 0.15) is 17.3 Å². The molecule has 0 saturated carbocycles. The van der Waals surface area contributed by atoms with Gasteiger partial charge < -0.3 is 23.8 Å². The van der Waals surface area contributed by atoms with Crippen LogP contribution in [0.1, 0.15) is 79.0 Å². The third-order valence-electron chi connectivity index (χ3n) is 16.1. The molecule has 3 heterocycles. The van der Waals surface area contributed by atoms with Gasteiger partial charge in [0.15, 0.2) is 0 Å². The van der Waals surface area contributed by atoms with Crippen LogP contribution < -0.4 is 19.3 Å². The molecular formula is C78H67N4O2Pt-3. The van der Waals surface area contributed by atoms with Crippen LogP contribution in [0.15, 0.2) is 237 Å². The van der Waals surface area contributed by atoms with Gasteiger partial charge in [0.05, 0.1) is 0 Å². The molecule has 1 aliphatic rings. The summed E-state index contributed by atoms with van der Waals surface area (Å²) in [5, 5.41) is 2.10. The first-order valence-corrected chi connectivity index (χ1v) is 29.0. The standard InChI is InChI=1S/C78H67N4O2.Pt/c1-76(2,3)56-38-34-54(35-39-56)67-46-58(78(7,8)9)47-68(55-36-40-57(41-37-55)77(4,5)6)75(67)84-62-44-45-79-73(50-62)82-69-31-17-16-28-65(69)66-43-42-61(49-72(66)82)83-60-27-20-26-59(48-60)80-51-81(71-33-19-18-32-70(71)80)74-63(52-22-12-10-13-23-52)29-21-30-64(74)53-24-14-11-15-25-53;/h10-47,50-51H,1-9H3;/q-3;. The van der Waals surface area contributed by atoms with E-state index < -0.39 is 0 Å². The molecule has 13 rings (SSSR count). The van der Waals surface area contributed by atoms with Crippen molar-refractivity contribution in [3.63, 3.8) is 0 Å². The molecule has 12 aromatic rings. The minimum absolute atomic E-state index is 0. The zero-order valence-electron chi connectivity index (χ0n) is 49.5. The van der Waals surface area contributed by atoms with Crippen molar-refractivity contribution in [1.82, 2.24) is 9.55 Å². The first-order chi connectivity index (χ1) is 40.5. The van der Waals surface area contributed by atoms with Crippen molar-refractivity contribution in [3.05, 3.63) is 272 Å². The minimum Gasteiger partial charge on any atom is -0.509 e. The first kappa shape index (κ1) is 56.5. The molecule has 85 heavy (non-hydrogen) atoms. The molecule has 1 aliphatic heterocycles. The second-order valence-corrected chi connectivity index (χ2v) is 25.0. The average Bonchev–Trinajstić information content (AvgIpc) is 2.40. The maximum atomic E-state index is 7.33. The van der Waals surface area contributed by atoms with Gasteiger partial charge in [-0.3, -0.25) is 0 Å². The van der Waals surface area contributed by atoms with Crippen LogP contribution in [0.4, 0.5) is 22.7 Å². The van der Waals surface area contributed by atoms with E-state index in [-0.39, 0.29) is 37.3 Å². The molecule has 2 aromatic heterocycles. The Kier molecular flexibility index (Phi) is 15.0. The summed E-state index contributed by atoms with van der Waals surface area (Å²) in [4.78, 5) is 9.57. The number of pyridine rings is 1. The topological polar surface area (TPSA) is 42.8 Å². The van der Waals surface area contributed by atoms with Gasteiger partial charge >= 0.3 is 0 Å². The van der Waals surface area contributed by atoms with E-state index in [0.717, 1.165) is 94.8 Å². The van der Waals surface area contributed by atoms with Crippen molar-refractivity contribution in [2.24, 2.45) is 0 Å². The average molecular weight is 1290 g/mol. The quantitative estimate of drug-likeness (QED) is 0.121. The molecule has 7 heteroatoms. The normalized spacial score (nSPS) is 12.6. The van der Waals surface area contributed by atoms with Crippen molar-refractivity contribution in [1.29, 1.82) is 0 Å². The van der Waals surface area contributed by atoms with Gasteiger partial charge in [-0.15, -0.1) is 48.1 Å². The molecule has 0 spiro atoms. The largest absolute Gasteiger partial charge is 0.509 e. The summed E-state index contributed by atoms with van der Waals surface area (Å²) in [6.45, 7) is 22.5. The monoisotopic (exact) mass is 1290 g/mol. The SMILES string of the molecule is CC(C)(C)c1ccc(-c2cc(C(C)(C)C)cc(-c3ccc(C(C)(C)C)cc3)c2Oc2ccnc(-n3c4[c-]c(Oc5[c-]c(N6[CH-]N(c7c(-c8ccccc8)cccc7-c7ccccc7)c7ccccc76)ccc5)ccc4c4ccccc43)c2)cc1.[Pt]. The molecule has 0 atom stereocenters. The maximum Gasteiger partial charge on any atom is 0.143 e. The summed E-state index contributed by atoms with van der Waals surface area (Å²) in [7, 11) is 0. The van der Waals surface area contributed by atoms with Gasteiger partial charge in [0.25, 0.3) is 0 Å². The van der Waals surface area contributed by atoms with Crippen LogP contribution in [0.3, 0.4) is 0 Å². The fourth-order valence-corrected chi connectivity index (χ4v) is 11.5. The molecule has 424 valence electrons. The van der Waals surface area contributed by atoms with E-state index >= 15 is 0 Å². The van der Waals surface area contributed by atoms with Gasteiger partial charge in [-0.1, -0.05) is 226 Å². The second-order valence-electron chi connectivity index (χ2n) is 25.0. The van der Waals surface area contributed by atoms with Gasteiger partial charge in [0.2, 0.25) is 0 Å². The van der Waals surface area contributed by atoms with Crippen LogP contribution in [0, 0.1) is 18.8 Å². The number of hydrogen-bond donors (Lipinski definition) is 0. The third-order valence-corrected chi connectivity index (χ3v) is 16.1. The van der Waals surface area contributed by atoms with Crippen LogP contribution in [0.25, 0.3) is 72.1 Å². The molecule has 0 radical (unpaired) electrons. The zero-order valence-corrected chi connectivity index (χ0v) is 51.8. The molecular weight excluding hydrogens is 1220 g/mol. The first-order valence-electron chi connectivity index (χ1n) is 29.0. The Hall–Kier alpha value is -8.96. The molecule has 0 unspecified atom stereocenters. The van der Waals surface area contributed by atoms with Crippen LogP contribution in [-0.2, 0) is 37.3 Å². The van der Waals surface area contributed by atoms with Crippen molar-refractivity contribution in [2.75, 3.05) is 9.80 Å². The number of hydrogen-bond acceptors (Lipinski definition) is 5. The summed E-state index contributed by atoms with van der Waals surface area (Å²) in [6, 6.07) is 88.9. The van der Waals surface area contributed by atoms with Gasteiger partial charge in [-0.05, 0) is 97.0 Å². The summed E-state index contributed by atoms with van der Waals surface area (Å²) >= 11 is 0. The summed E-state index contributed by atoms with van der Waals surface area (Å²) < 4.78 is 16.3. The Bertz CT molecular complexity index is 4260. The maximum absolute atomic E-state index is 7.33. The number of anilines is 4. The number of rotatable bonds is 11. The fraction of sp³-hybridized carbons (Fsp3) is 0.154. The van der Waals surface area contributed by atoms with Gasteiger partial charge in [-0.25, -0.2) is 4.98 Å². The van der Waals surface area contributed by atoms with E-state index in [1.807, 2.05) is 36.5 Å². The molecule has 6 nitrogen and oxygen atoms in total. The number of ether oxygens (including phenoxy) is 2. The summed E-state index contributed by atoms with van der Waals surface area (Å²) in [5.74, 6) is 3.24. The Morgan fingerprint density at radius 2 is 0.929 bits per heavy atom. The Balaban J connectivity index is 0.00000709. The summed E-state index contributed by atoms with van der Waals surface area (Å²) in [6.07, 6.45) is 1.84. The molecule has 0 bridgehead atoms. The van der Waals surface area contributed by atoms with E-state index in [4.69, 9.17) is 14.5 Å².